The van der Waals surface area contributed by atoms with Gasteiger partial charge in [-0.1, -0.05) is 51.0 Å². The average Bonchev–Trinajstić information content (AvgIpc) is 3.39. The first kappa shape index (κ1) is 30.8. The van der Waals surface area contributed by atoms with Crippen molar-refractivity contribution >= 4 is 17.8 Å². The first-order valence-corrected chi connectivity index (χ1v) is 14.6. The number of carbonyl (C=O) groups is 3. The number of carboxylic acids is 1. The van der Waals surface area contributed by atoms with E-state index in [4.69, 9.17) is 9.84 Å². The molecule has 3 aromatic rings. The number of benzene rings is 2. The predicted molar refractivity (Wildman–Crippen MR) is 158 cm³/mol. The molecule has 0 fully saturated rings. The van der Waals surface area contributed by atoms with Crippen LogP contribution in [0, 0.1) is 6.92 Å². The van der Waals surface area contributed by atoms with Gasteiger partial charge in [0.2, 0.25) is 0 Å². The maximum absolute atomic E-state index is 14.1. The zero-order valence-corrected chi connectivity index (χ0v) is 24.6. The molecule has 0 saturated carbocycles. The van der Waals surface area contributed by atoms with Crippen LogP contribution in [0.1, 0.15) is 77.2 Å². The van der Waals surface area contributed by atoms with E-state index < -0.39 is 18.6 Å². The monoisotopic (exact) mass is 576 g/mol. The molecule has 10 nitrogen and oxygen atoms in total. The van der Waals surface area contributed by atoms with Crippen molar-refractivity contribution in [2.45, 2.75) is 65.5 Å². The first-order chi connectivity index (χ1) is 20.3. The number of fused-ring (bicyclic) bond motifs is 1. The Morgan fingerprint density at radius 1 is 1.02 bits per heavy atom. The van der Waals surface area contributed by atoms with E-state index in [1.807, 2.05) is 29.2 Å². The van der Waals surface area contributed by atoms with Gasteiger partial charge in [-0.2, -0.15) is 5.10 Å². The van der Waals surface area contributed by atoms with E-state index in [1.54, 1.807) is 36.1 Å². The zero-order chi connectivity index (χ0) is 30.2. The summed E-state index contributed by atoms with van der Waals surface area (Å²) in [5.41, 5.74) is 3.69. The highest BCUT2D eigenvalue weighted by atomic mass is 16.5. The number of nitrogens with zero attached hydrogens (tertiary/aromatic N) is 4. The van der Waals surface area contributed by atoms with E-state index in [0.717, 1.165) is 36.8 Å². The van der Waals surface area contributed by atoms with Crippen molar-refractivity contribution in [1.29, 1.82) is 0 Å². The van der Waals surface area contributed by atoms with E-state index in [9.17, 15) is 19.5 Å². The minimum atomic E-state index is -1.13. The molecule has 2 amide bonds. The predicted octanol–water partition coefficient (Wildman–Crippen LogP) is 4.25. The molecule has 224 valence electrons. The zero-order valence-electron chi connectivity index (χ0n) is 24.6. The number of hydrogen-bond acceptors (Lipinski definition) is 6. The van der Waals surface area contributed by atoms with E-state index in [0.29, 0.717) is 43.0 Å². The fourth-order valence-corrected chi connectivity index (χ4v) is 5.24. The van der Waals surface area contributed by atoms with E-state index in [-0.39, 0.29) is 29.9 Å². The molecule has 2 aromatic carbocycles. The van der Waals surface area contributed by atoms with Gasteiger partial charge in [0, 0.05) is 31.4 Å². The molecule has 0 spiro atoms. The number of aryl methyl sites for hydroxylation is 1. The molecule has 0 saturated heterocycles. The van der Waals surface area contributed by atoms with Crippen LogP contribution in [-0.4, -0.2) is 79.9 Å². The van der Waals surface area contributed by atoms with E-state index in [1.165, 1.54) is 4.68 Å². The molecular weight excluding hydrogens is 536 g/mol. The van der Waals surface area contributed by atoms with Gasteiger partial charge in [-0.15, -0.1) is 0 Å². The number of rotatable bonds is 13. The summed E-state index contributed by atoms with van der Waals surface area (Å²) in [5.74, 6) is -1.35. The molecule has 0 radical (unpaired) electrons. The van der Waals surface area contributed by atoms with E-state index >= 15 is 0 Å². The summed E-state index contributed by atoms with van der Waals surface area (Å²) in [5, 5.41) is 24.0. The molecule has 1 aliphatic heterocycles. The van der Waals surface area contributed by atoms with Gasteiger partial charge in [-0.3, -0.25) is 9.59 Å². The Morgan fingerprint density at radius 2 is 1.71 bits per heavy atom. The molecule has 1 unspecified atom stereocenters. The lowest BCUT2D eigenvalue weighted by Crippen LogP contribution is -2.46. The number of aliphatic hydroxyl groups is 1. The third-order valence-corrected chi connectivity index (χ3v) is 7.57. The Bertz CT molecular complexity index is 1410. The number of carbonyl (C=O) groups excluding carboxylic acids is 2. The minimum absolute atomic E-state index is 0.169. The summed E-state index contributed by atoms with van der Waals surface area (Å²) in [6.45, 7) is 6.85. The Labute approximate surface area is 246 Å². The van der Waals surface area contributed by atoms with Crippen molar-refractivity contribution in [1.82, 2.24) is 19.6 Å². The number of ether oxygens (including phenoxy) is 1. The Kier molecular flexibility index (Phi) is 10.4. The van der Waals surface area contributed by atoms with Crippen LogP contribution >= 0.6 is 0 Å². The molecule has 0 aliphatic carbocycles. The van der Waals surface area contributed by atoms with Crippen molar-refractivity contribution in [3.63, 3.8) is 0 Å². The molecule has 2 heterocycles. The van der Waals surface area contributed by atoms with Crippen LogP contribution in [0.2, 0.25) is 0 Å². The van der Waals surface area contributed by atoms with Crippen molar-refractivity contribution in [3.05, 3.63) is 76.6 Å². The summed E-state index contributed by atoms with van der Waals surface area (Å²) < 4.78 is 6.98. The highest BCUT2D eigenvalue weighted by Gasteiger charge is 2.32. The summed E-state index contributed by atoms with van der Waals surface area (Å²) in [4.78, 5) is 42.3. The van der Waals surface area contributed by atoms with Crippen LogP contribution in [0.15, 0.2) is 48.5 Å². The SMILES string of the molecule is CCCCN(CCCC)C(=O)c1cc(C)n(-c2cc(OCC(=O)O)ccc2C(=O)N2Cc3ccccc3CC2CO)n1. The Balaban J connectivity index is 1.74. The number of carboxylic acid groups (broad SMARTS) is 1. The van der Waals surface area contributed by atoms with Crippen LogP contribution in [0.3, 0.4) is 0 Å². The quantitative estimate of drug-likeness (QED) is 0.312. The maximum atomic E-state index is 14.1. The van der Waals surface area contributed by atoms with Crippen LogP contribution in [0.5, 0.6) is 5.75 Å². The third kappa shape index (κ3) is 6.99. The van der Waals surface area contributed by atoms with Crippen molar-refractivity contribution in [3.8, 4) is 11.4 Å². The van der Waals surface area contributed by atoms with Crippen LogP contribution < -0.4 is 4.74 Å². The molecule has 1 atom stereocenters. The molecule has 2 N–H and O–H groups in total. The molecular formula is C32H40N4O6. The minimum Gasteiger partial charge on any atom is -0.482 e. The maximum Gasteiger partial charge on any atom is 0.341 e. The fourth-order valence-electron chi connectivity index (χ4n) is 5.24. The summed E-state index contributed by atoms with van der Waals surface area (Å²) >= 11 is 0. The van der Waals surface area contributed by atoms with Crippen molar-refractivity contribution in [2.75, 3.05) is 26.3 Å². The number of aromatic nitrogens is 2. The van der Waals surface area contributed by atoms with Gasteiger partial charge in [0.25, 0.3) is 11.8 Å². The van der Waals surface area contributed by atoms with Gasteiger partial charge >= 0.3 is 5.97 Å². The lowest BCUT2D eigenvalue weighted by atomic mass is 9.93. The average molecular weight is 577 g/mol. The van der Waals surface area contributed by atoms with Crippen molar-refractivity contribution < 1.29 is 29.3 Å². The molecule has 10 heteroatoms. The fraction of sp³-hybridized carbons (Fsp3) is 0.438. The number of aliphatic carboxylic acids is 1. The summed E-state index contributed by atoms with van der Waals surface area (Å²) in [6.07, 6.45) is 4.24. The lowest BCUT2D eigenvalue weighted by molar-refractivity contribution is -0.139. The summed E-state index contributed by atoms with van der Waals surface area (Å²) in [6, 6.07) is 13.9. The normalized spacial score (nSPS) is 14.4. The Morgan fingerprint density at radius 3 is 2.36 bits per heavy atom. The molecule has 4 rings (SSSR count). The smallest absolute Gasteiger partial charge is 0.341 e. The summed E-state index contributed by atoms with van der Waals surface area (Å²) in [7, 11) is 0. The second-order valence-electron chi connectivity index (χ2n) is 10.7. The number of unbranched alkanes of at least 4 members (excludes halogenated alkanes) is 2. The second kappa shape index (κ2) is 14.1. The lowest BCUT2D eigenvalue weighted by Gasteiger charge is -2.36. The number of hydrogen-bond donors (Lipinski definition) is 2. The number of aliphatic hydroxyl groups excluding tert-OH is 1. The molecule has 0 bridgehead atoms. The van der Waals surface area contributed by atoms with Gasteiger partial charge in [0.1, 0.15) is 5.75 Å². The van der Waals surface area contributed by atoms with Crippen LogP contribution in [-0.2, 0) is 17.8 Å². The number of amides is 2. The highest BCUT2D eigenvalue weighted by Crippen LogP contribution is 2.29. The third-order valence-electron chi connectivity index (χ3n) is 7.57. The first-order valence-electron chi connectivity index (χ1n) is 14.6. The van der Waals surface area contributed by atoms with Crippen LogP contribution in [0.25, 0.3) is 5.69 Å². The Hall–Kier alpha value is -4.18. The van der Waals surface area contributed by atoms with Gasteiger partial charge < -0.3 is 24.7 Å². The van der Waals surface area contributed by atoms with Gasteiger partial charge in [-0.05, 0) is 55.5 Å². The molecule has 42 heavy (non-hydrogen) atoms. The van der Waals surface area contributed by atoms with Gasteiger partial charge in [0.15, 0.2) is 12.3 Å². The topological polar surface area (TPSA) is 125 Å². The molecule has 1 aromatic heterocycles. The standard InChI is InChI=1S/C32H40N4O6/c1-4-6-14-34(15-7-5-2)32(41)28-16-22(3)36(33-28)29-18-26(42-21-30(38)39)12-13-27(29)31(40)35-19-24-11-9-8-10-23(24)17-25(35)20-37/h8-13,16,18,25,37H,4-7,14-15,17,19-21H2,1-3H3,(H,38,39). The highest BCUT2D eigenvalue weighted by molar-refractivity contribution is 5.98. The largest absolute Gasteiger partial charge is 0.482 e. The van der Waals surface area contributed by atoms with E-state index in [2.05, 4.69) is 18.9 Å². The van der Waals surface area contributed by atoms with Gasteiger partial charge in [0.05, 0.1) is 23.9 Å². The van der Waals surface area contributed by atoms with Gasteiger partial charge in [-0.25, -0.2) is 9.48 Å². The second-order valence-corrected chi connectivity index (χ2v) is 10.7. The van der Waals surface area contributed by atoms with Crippen LogP contribution in [0.4, 0.5) is 0 Å². The van der Waals surface area contributed by atoms with Crippen molar-refractivity contribution in [2.24, 2.45) is 0 Å². The molecule has 1 aliphatic rings.